The SMILES string of the molecule is O=C(CNCC1CC1)Nc1cccc(Cl)c1F. The molecule has 0 unspecified atom stereocenters. The van der Waals surface area contributed by atoms with Crippen molar-refractivity contribution >= 4 is 23.2 Å². The van der Waals surface area contributed by atoms with Gasteiger partial charge in [0.25, 0.3) is 0 Å². The molecule has 17 heavy (non-hydrogen) atoms. The first kappa shape index (κ1) is 12.3. The number of hydrogen-bond donors (Lipinski definition) is 2. The Labute approximate surface area is 104 Å². The third kappa shape index (κ3) is 3.68. The summed E-state index contributed by atoms with van der Waals surface area (Å²) in [6.07, 6.45) is 2.47. The third-order valence-electron chi connectivity index (χ3n) is 2.64. The normalized spacial score (nSPS) is 14.7. The van der Waals surface area contributed by atoms with Gasteiger partial charge < -0.3 is 10.6 Å². The van der Waals surface area contributed by atoms with E-state index in [1.54, 1.807) is 6.07 Å². The van der Waals surface area contributed by atoms with Crippen LogP contribution in [0.5, 0.6) is 0 Å². The Hall–Kier alpha value is -1.13. The van der Waals surface area contributed by atoms with Crippen molar-refractivity contribution in [2.75, 3.05) is 18.4 Å². The first-order valence-corrected chi connectivity index (χ1v) is 5.99. The molecular formula is C12H14ClFN2O. The van der Waals surface area contributed by atoms with E-state index in [1.165, 1.54) is 25.0 Å². The number of carbonyl (C=O) groups is 1. The maximum Gasteiger partial charge on any atom is 0.238 e. The highest BCUT2D eigenvalue weighted by atomic mass is 35.5. The van der Waals surface area contributed by atoms with Gasteiger partial charge in [-0.3, -0.25) is 4.79 Å². The minimum Gasteiger partial charge on any atom is -0.322 e. The number of halogens is 2. The zero-order chi connectivity index (χ0) is 12.3. The second-order valence-corrected chi connectivity index (χ2v) is 4.63. The second kappa shape index (κ2) is 5.47. The van der Waals surface area contributed by atoms with Gasteiger partial charge in [-0.2, -0.15) is 0 Å². The largest absolute Gasteiger partial charge is 0.322 e. The van der Waals surface area contributed by atoms with E-state index in [0.717, 1.165) is 6.54 Å². The molecule has 92 valence electrons. The van der Waals surface area contributed by atoms with E-state index < -0.39 is 5.82 Å². The molecule has 0 bridgehead atoms. The molecule has 0 aromatic heterocycles. The topological polar surface area (TPSA) is 41.1 Å². The molecule has 1 saturated carbocycles. The molecule has 3 nitrogen and oxygen atoms in total. The van der Waals surface area contributed by atoms with E-state index in [-0.39, 0.29) is 23.2 Å². The summed E-state index contributed by atoms with van der Waals surface area (Å²) >= 11 is 5.61. The van der Waals surface area contributed by atoms with Crippen molar-refractivity contribution in [3.05, 3.63) is 29.0 Å². The minimum absolute atomic E-state index is 0.00809. The predicted octanol–water partition coefficient (Wildman–Crippen LogP) is 2.42. The Morgan fingerprint density at radius 1 is 1.47 bits per heavy atom. The molecule has 2 N–H and O–H groups in total. The minimum atomic E-state index is -0.593. The van der Waals surface area contributed by atoms with Gasteiger partial charge >= 0.3 is 0 Å². The summed E-state index contributed by atoms with van der Waals surface area (Å²) < 4.78 is 13.5. The Morgan fingerprint density at radius 3 is 2.94 bits per heavy atom. The number of carbonyl (C=O) groups excluding carboxylic acids is 1. The molecule has 1 aromatic rings. The molecule has 0 aliphatic heterocycles. The molecule has 1 fully saturated rings. The lowest BCUT2D eigenvalue weighted by molar-refractivity contribution is -0.115. The Kier molecular flexibility index (Phi) is 3.97. The molecule has 1 amide bonds. The van der Waals surface area contributed by atoms with Gasteiger partial charge in [-0.05, 0) is 37.4 Å². The Morgan fingerprint density at radius 2 is 2.24 bits per heavy atom. The van der Waals surface area contributed by atoms with E-state index in [1.807, 2.05) is 0 Å². The van der Waals surface area contributed by atoms with Crippen LogP contribution in [-0.4, -0.2) is 19.0 Å². The molecule has 2 rings (SSSR count). The molecule has 0 heterocycles. The van der Waals surface area contributed by atoms with Crippen molar-refractivity contribution in [2.45, 2.75) is 12.8 Å². The predicted molar refractivity (Wildman–Crippen MR) is 65.6 cm³/mol. The van der Waals surface area contributed by atoms with Gasteiger partial charge in [-0.15, -0.1) is 0 Å². The van der Waals surface area contributed by atoms with Crippen LogP contribution in [0.1, 0.15) is 12.8 Å². The van der Waals surface area contributed by atoms with E-state index in [9.17, 15) is 9.18 Å². The van der Waals surface area contributed by atoms with Gasteiger partial charge in [0.2, 0.25) is 5.91 Å². The molecule has 5 heteroatoms. The standard InChI is InChI=1S/C12H14ClFN2O/c13-9-2-1-3-10(12(9)14)16-11(17)7-15-6-8-4-5-8/h1-3,8,15H,4-7H2,(H,16,17). The van der Waals surface area contributed by atoms with Gasteiger partial charge in [0.15, 0.2) is 5.82 Å². The van der Waals surface area contributed by atoms with Crippen molar-refractivity contribution in [2.24, 2.45) is 5.92 Å². The van der Waals surface area contributed by atoms with Crippen LogP contribution < -0.4 is 10.6 Å². The van der Waals surface area contributed by atoms with E-state index in [2.05, 4.69) is 10.6 Å². The van der Waals surface area contributed by atoms with Crippen molar-refractivity contribution in [3.8, 4) is 0 Å². The maximum absolute atomic E-state index is 13.5. The van der Waals surface area contributed by atoms with Gasteiger partial charge in [-0.1, -0.05) is 17.7 Å². The Balaban J connectivity index is 1.82. The highest BCUT2D eigenvalue weighted by Crippen LogP contribution is 2.27. The molecule has 1 aromatic carbocycles. The molecule has 0 spiro atoms. The lowest BCUT2D eigenvalue weighted by Crippen LogP contribution is -2.29. The fourth-order valence-electron chi connectivity index (χ4n) is 1.51. The van der Waals surface area contributed by atoms with E-state index in [4.69, 9.17) is 11.6 Å². The summed E-state index contributed by atoms with van der Waals surface area (Å²) in [5.41, 5.74) is 0.121. The van der Waals surface area contributed by atoms with Crippen molar-refractivity contribution in [1.29, 1.82) is 0 Å². The maximum atomic E-state index is 13.5. The molecule has 0 radical (unpaired) electrons. The van der Waals surface area contributed by atoms with Crippen LogP contribution in [0, 0.1) is 11.7 Å². The fourth-order valence-corrected chi connectivity index (χ4v) is 1.68. The number of nitrogens with one attached hydrogen (secondary N) is 2. The fraction of sp³-hybridized carbons (Fsp3) is 0.417. The van der Waals surface area contributed by atoms with Crippen molar-refractivity contribution in [3.63, 3.8) is 0 Å². The summed E-state index contributed by atoms with van der Waals surface area (Å²) in [6.45, 7) is 1.05. The van der Waals surface area contributed by atoms with Gasteiger partial charge in [-0.25, -0.2) is 4.39 Å². The van der Waals surface area contributed by atoms with Crippen LogP contribution in [0.2, 0.25) is 5.02 Å². The second-order valence-electron chi connectivity index (χ2n) is 4.22. The zero-order valence-electron chi connectivity index (χ0n) is 9.30. The first-order valence-electron chi connectivity index (χ1n) is 5.61. The molecule has 1 aliphatic carbocycles. The van der Waals surface area contributed by atoms with Crippen molar-refractivity contribution < 1.29 is 9.18 Å². The Bertz CT molecular complexity index is 421. The zero-order valence-corrected chi connectivity index (χ0v) is 10.1. The summed E-state index contributed by atoms with van der Waals surface area (Å²) in [4.78, 5) is 11.5. The number of benzene rings is 1. The average Bonchev–Trinajstić information content (AvgIpc) is 3.09. The van der Waals surface area contributed by atoms with Gasteiger partial charge in [0.05, 0.1) is 17.3 Å². The summed E-state index contributed by atoms with van der Waals surface area (Å²) in [5, 5.41) is 5.53. The monoisotopic (exact) mass is 256 g/mol. The molecule has 0 atom stereocenters. The van der Waals surface area contributed by atoms with Crippen LogP contribution in [0.15, 0.2) is 18.2 Å². The number of hydrogen-bond acceptors (Lipinski definition) is 2. The molecular weight excluding hydrogens is 243 g/mol. The van der Waals surface area contributed by atoms with Crippen LogP contribution in [-0.2, 0) is 4.79 Å². The molecule has 0 saturated heterocycles. The number of anilines is 1. The number of rotatable bonds is 5. The highest BCUT2D eigenvalue weighted by molar-refractivity contribution is 6.31. The van der Waals surface area contributed by atoms with Gasteiger partial charge in [0.1, 0.15) is 0 Å². The first-order chi connectivity index (χ1) is 8.16. The van der Waals surface area contributed by atoms with Crippen molar-refractivity contribution in [1.82, 2.24) is 5.32 Å². The summed E-state index contributed by atoms with van der Waals surface area (Å²) in [5.74, 6) is -0.137. The highest BCUT2D eigenvalue weighted by Gasteiger charge is 2.20. The lowest BCUT2D eigenvalue weighted by atomic mass is 10.3. The van der Waals surface area contributed by atoms with E-state index in [0.29, 0.717) is 5.92 Å². The van der Waals surface area contributed by atoms with Crippen LogP contribution >= 0.6 is 11.6 Å². The summed E-state index contributed by atoms with van der Waals surface area (Å²) in [7, 11) is 0. The average molecular weight is 257 g/mol. The van der Waals surface area contributed by atoms with Crippen LogP contribution in [0.4, 0.5) is 10.1 Å². The third-order valence-corrected chi connectivity index (χ3v) is 2.93. The quantitative estimate of drug-likeness (QED) is 0.850. The van der Waals surface area contributed by atoms with Crippen LogP contribution in [0.25, 0.3) is 0 Å². The summed E-state index contributed by atoms with van der Waals surface area (Å²) in [6, 6.07) is 4.52. The van der Waals surface area contributed by atoms with E-state index >= 15 is 0 Å². The van der Waals surface area contributed by atoms with Gasteiger partial charge in [0, 0.05) is 0 Å². The lowest BCUT2D eigenvalue weighted by Gasteiger charge is -2.07. The molecule has 1 aliphatic rings. The smallest absolute Gasteiger partial charge is 0.238 e. The number of amides is 1. The van der Waals surface area contributed by atoms with Crippen LogP contribution in [0.3, 0.4) is 0 Å².